The Morgan fingerprint density at radius 1 is 1.29 bits per heavy atom. The molecule has 1 aliphatic heterocycles. The van der Waals surface area contributed by atoms with E-state index in [9.17, 15) is 10.2 Å². The number of rotatable bonds is 2. The van der Waals surface area contributed by atoms with Gasteiger partial charge in [0.2, 0.25) is 0 Å². The van der Waals surface area contributed by atoms with Gasteiger partial charge in [0.15, 0.2) is 0 Å². The topological polar surface area (TPSA) is 69.5 Å². The number of hydrogen-bond donors (Lipinski definition) is 2. The maximum Gasteiger partial charge on any atom is 0.0938 e. The van der Waals surface area contributed by atoms with E-state index in [0.717, 1.165) is 5.69 Å². The van der Waals surface area contributed by atoms with Gasteiger partial charge >= 0.3 is 0 Å². The van der Waals surface area contributed by atoms with E-state index < -0.39 is 12.2 Å². The molecular formula is C9H13N3O2. The van der Waals surface area contributed by atoms with Crippen molar-refractivity contribution in [2.45, 2.75) is 18.8 Å². The molecule has 2 atom stereocenters. The summed E-state index contributed by atoms with van der Waals surface area (Å²) in [5.41, 5.74) is 0.855. The molecule has 1 fully saturated rings. The first-order valence-electron chi connectivity index (χ1n) is 4.59. The zero-order valence-corrected chi connectivity index (χ0v) is 7.74. The smallest absolute Gasteiger partial charge is 0.0938 e. The summed E-state index contributed by atoms with van der Waals surface area (Å²) < 4.78 is 0. The van der Waals surface area contributed by atoms with E-state index in [2.05, 4.69) is 9.97 Å². The average Bonchev–Trinajstić information content (AvgIpc) is 2.47. The van der Waals surface area contributed by atoms with E-state index in [-0.39, 0.29) is 0 Å². The molecule has 2 rings (SSSR count). The maximum absolute atomic E-state index is 9.32. The number of β-amino-alcohol motifs (C(OH)–C–C–N with tert-alkyl or cyclic N) is 2. The molecule has 0 radical (unpaired) electrons. The van der Waals surface area contributed by atoms with Crippen molar-refractivity contribution in [3.63, 3.8) is 0 Å². The third-order valence-corrected chi connectivity index (χ3v) is 2.34. The Hall–Kier alpha value is -1.04. The second-order valence-corrected chi connectivity index (χ2v) is 3.53. The molecule has 2 heterocycles. The van der Waals surface area contributed by atoms with Crippen molar-refractivity contribution in [2.24, 2.45) is 0 Å². The molecule has 0 saturated carbocycles. The van der Waals surface area contributed by atoms with Crippen LogP contribution in [0.1, 0.15) is 5.69 Å². The first-order chi connectivity index (χ1) is 6.75. The Kier molecular flexibility index (Phi) is 2.72. The van der Waals surface area contributed by atoms with Gasteiger partial charge in [0.05, 0.1) is 17.9 Å². The summed E-state index contributed by atoms with van der Waals surface area (Å²) in [5.74, 6) is 0. The average molecular weight is 195 g/mol. The van der Waals surface area contributed by atoms with E-state index in [4.69, 9.17) is 0 Å². The lowest BCUT2D eigenvalue weighted by molar-refractivity contribution is 0.0572. The summed E-state index contributed by atoms with van der Waals surface area (Å²) in [6.07, 6.45) is 3.69. The molecule has 5 heteroatoms. The fraction of sp³-hybridized carbons (Fsp3) is 0.556. The van der Waals surface area contributed by atoms with Gasteiger partial charge in [-0.1, -0.05) is 0 Å². The zero-order chi connectivity index (χ0) is 9.97. The van der Waals surface area contributed by atoms with Crippen LogP contribution in [-0.2, 0) is 6.54 Å². The molecule has 2 unspecified atom stereocenters. The summed E-state index contributed by atoms with van der Waals surface area (Å²) in [7, 11) is 0. The first kappa shape index (κ1) is 9.51. The Bertz CT molecular complexity index is 283. The van der Waals surface area contributed by atoms with Gasteiger partial charge in [-0.25, -0.2) is 0 Å². The van der Waals surface area contributed by atoms with E-state index in [1.807, 2.05) is 4.90 Å². The van der Waals surface area contributed by atoms with Gasteiger partial charge in [0, 0.05) is 38.2 Å². The van der Waals surface area contributed by atoms with Crippen LogP contribution in [-0.4, -0.2) is 50.4 Å². The lowest BCUT2D eigenvalue weighted by Gasteiger charge is -2.12. The fourth-order valence-electron chi connectivity index (χ4n) is 1.62. The van der Waals surface area contributed by atoms with Crippen LogP contribution < -0.4 is 0 Å². The fourth-order valence-corrected chi connectivity index (χ4v) is 1.62. The molecule has 2 N–H and O–H groups in total. The van der Waals surface area contributed by atoms with Crippen molar-refractivity contribution in [1.82, 2.24) is 14.9 Å². The van der Waals surface area contributed by atoms with Crippen molar-refractivity contribution in [3.8, 4) is 0 Å². The number of aromatic nitrogens is 2. The van der Waals surface area contributed by atoms with Crippen LogP contribution in [0.15, 0.2) is 18.6 Å². The summed E-state index contributed by atoms with van der Waals surface area (Å²) >= 11 is 0. The molecule has 1 aromatic heterocycles. The van der Waals surface area contributed by atoms with Gasteiger partial charge in [-0.15, -0.1) is 0 Å². The summed E-state index contributed by atoms with van der Waals surface area (Å²) in [5, 5.41) is 18.6. The van der Waals surface area contributed by atoms with Gasteiger partial charge in [-0.05, 0) is 0 Å². The summed E-state index contributed by atoms with van der Waals surface area (Å²) in [6, 6.07) is 0. The quantitative estimate of drug-likeness (QED) is 0.634. The van der Waals surface area contributed by atoms with Gasteiger partial charge in [0.25, 0.3) is 0 Å². The van der Waals surface area contributed by atoms with Crippen molar-refractivity contribution >= 4 is 0 Å². The van der Waals surface area contributed by atoms with Crippen LogP contribution in [0.25, 0.3) is 0 Å². The monoisotopic (exact) mass is 195 g/mol. The predicted octanol–water partition coefficient (Wildman–Crippen LogP) is -0.986. The highest BCUT2D eigenvalue weighted by Crippen LogP contribution is 2.12. The van der Waals surface area contributed by atoms with Gasteiger partial charge in [-0.2, -0.15) is 0 Å². The van der Waals surface area contributed by atoms with E-state index in [1.54, 1.807) is 18.6 Å². The molecule has 0 spiro atoms. The number of hydrogen-bond acceptors (Lipinski definition) is 5. The molecule has 1 saturated heterocycles. The van der Waals surface area contributed by atoms with Gasteiger partial charge in [0.1, 0.15) is 0 Å². The van der Waals surface area contributed by atoms with Crippen LogP contribution in [0.2, 0.25) is 0 Å². The van der Waals surface area contributed by atoms with Crippen LogP contribution >= 0.6 is 0 Å². The van der Waals surface area contributed by atoms with Crippen LogP contribution in [0.4, 0.5) is 0 Å². The Morgan fingerprint density at radius 3 is 2.57 bits per heavy atom. The molecule has 1 aliphatic rings. The van der Waals surface area contributed by atoms with E-state index >= 15 is 0 Å². The summed E-state index contributed by atoms with van der Waals surface area (Å²) in [6.45, 7) is 1.62. The molecule has 0 bridgehead atoms. The molecule has 14 heavy (non-hydrogen) atoms. The Labute approximate surface area is 82.0 Å². The number of aliphatic hydroxyl groups excluding tert-OH is 2. The Morgan fingerprint density at radius 2 is 2.00 bits per heavy atom. The maximum atomic E-state index is 9.32. The predicted molar refractivity (Wildman–Crippen MR) is 49.3 cm³/mol. The van der Waals surface area contributed by atoms with Gasteiger partial charge < -0.3 is 10.2 Å². The highest BCUT2D eigenvalue weighted by atomic mass is 16.3. The van der Waals surface area contributed by atoms with Crippen molar-refractivity contribution in [2.75, 3.05) is 13.1 Å². The zero-order valence-electron chi connectivity index (χ0n) is 7.74. The minimum Gasteiger partial charge on any atom is -0.389 e. The third kappa shape index (κ3) is 2.06. The lowest BCUT2D eigenvalue weighted by Crippen LogP contribution is -2.22. The molecule has 0 amide bonds. The molecule has 76 valence electrons. The van der Waals surface area contributed by atoms with Crippen LogP contribution in [0.3, 0.4) is 0 Å². The lowest BCUT2D eigenvalue weighted by atomic mass is 10.3. The van der Waals surface area contributed by atoms with Crippen molar-refractivity contribution in [3.05, 3.63) is 24.3 Å². The largest absolute Gasteiger partial charge is 0.389 e. The third-order valence-electron chi connectivity index (χ3n) is 2.34. The van der Waals surface area contributed by atoms with Crippen molar-refractivity contribution < 1.29 is 10.2 Å². The number of aliphatic hydroxyl groups is 2. The SMILES string of the molecule is OC1CN(Cc2cnccn2)CC1O. The minimum absolute atomic E-state index is 0.498. The molecule has 0 aliphatic carbocycles. The van der Waals surface area contributed by atoms with Gasteiger partial charge in [-0.3, -0.25) is 14.9 Å². The normalized spacial score (nSPS) is 28.1. The number of likely N-dealkylation sites (tertiary alicyclic amines) is 1. The molecule has 1 aromatic rings. The molecule has 0 aromatic carbocycles. The first-order valence-corrected chi connectivity index (χ1v) is 4.59. The van der Waals surface area contributed by atoms with E-state index in [0.29, 0.717) is 19.6 Å². The standard InChI is InChI=1S/C9H13N3O2/c13-8-5-12(6-9(8)14)4-7-3-10-1-2-11-7/h1-3,8-9,13-14H,4-6H2. The highest BCUT2D eigenvalue weighted by Gasteiger charge is 2.29. The summed E-state index contributed by atoms with van der Waals surface area (Å²) in [4.78, 5) is 10.0. The second kappa shape index (κ2) is 4.00. The minimum atomic E-state index is -0.633. The molecule has 5 nitrogen and oxygen atoms in total. The van der Waals surface area contributed by atoms with E-state index in [1.165, 1.54) is 0 Å². The van der Waals surface area contributed by atoms with Crippen molar-refractivity contribution in [1.29, 1.82) is 0 Å². The van der Waals surface area contributed by atoms with Crippen LogP contribution in [0, 0.1) is 0 Å². The number of nitrogens with zero attached hydrogens (tertiary/aromatic N) is 3. The Balaban J connectivity index is 1.94. The van der Waals surface area contributed by atoms with Crippen LogP contribution in [0.5, 0.6) is 0 Å². The molecular weight excluding hydrogens is 182 g/mol. The highest BCUT2D eigenvalue weighted by molar-refractivity contribution is 4.96. The second-order valence-electron chi connectivity index (χ2n) is 3.53.